The van der Waals surface area contributed by atoms with Crippen LogP contribution in [0, 0.1) is 27.1 Å². The Bertz CT molecular complexity index is 561. The molecule has 0 atom stereocenters. The SMILES string of the molecule is CC(C)(C)CCC(C)(C)C.CC(C)(C)CCCC(C)(C)C.CC(C)(C)CCCNC(C)(C)C.CC(C)(C)OC(C)(C)C. The summed E-state index contributed by atoms with van der Waals surface area (Å²) in [5.41, 5.74) is 2.78. The summed E-state index contributed by atoms with van der Waals surface area (Å²) in [4.78, 5) is 0. The third-order valence-corrected chi connectivity index (χ3v) is 5.85. The van der Waals surface area contributed by atoms with Gasteiger partial charge in [0.15, 0.2) is 0 Å². The number of hydrogen-bond acceptors (Lipinski definition) is 2. The predicted molar refractivity (Wildman–Crippen MR) is 198 cm³/mol. The molecule has 0 fully saturated rings. The van der Waals surface area contributed by atoms with Crippen LogP contribution in [0.3, 0.4) is 0 Å². The van der Waals surface area contributed by atoms with Gasteiger partial charge in [-0.25, -0.2) is 0 Å². The molecule has 0 aliphatic heterocycles. The fraction of sp³-hybridized carbons (Fsp3) is 1.00. The quantitative estimate of drug-likeness (QED) is 0.307. The van der Waals surface area contributed by atoms with Gasteiger partial charge in [-0.2, -0.15) is 0 Å². The first-order chi connectivity index (χ1) is 17.8. The smallest absolute Gasteiger partial charge is 0.0605 e. The lowest BCUT2D eigenvalue weighted by Crippen LogP contribution is -2.36. The lowest BCUT2D eigenvalue weighted by atomic mass is 9.81. The van der Waals surface area contributed by atoms with E-state index in [1.165, 1.54) is 44.9 Å². The van der Waals surface area contributed by atoms with E-state index in [4.69, 9.17) is 4.74 Å². The zero-order valence-electron chi connectivity index (χ0n) is 34.6. The van der Waals surface area contributed by atoms with Crippen molar-refractivity contribution in [1.29, 1.82) is 0 Å². The minimum Gasteiger partial charge on any atom is -0.370 e. The van der Waals surface area contributed by atoms with Crippen LogP contribution in [0.15, 0.2) is 0 Å². The predicted octanol–water partition coefficient (Wildman–Crippen LogP) is 13.9. The third kappa shape index (κ3) is 67.5. The van der Waals surface area contributed by atoms with Crippen LogP contribution in [0.2, 0.25) is 0 Å². The van der Waals surface area contributed by atoms with Crippen LogP contribution in [0.25, 0.3) is 0 Å². The highest BCUT2D eigenvalue weighted by molar-refractivity contribution is 4.72. The maximum atomic E-state index is 5.62. The molecule has 0 amide bonds. The zero-order chi connectivity index (χ0) is 35.1. The fourth-order valence-corrected chi connectivity index (χ4v) is 3.90. The highest BCUT2D eigenvalue weighted by Crippen LogP contribution is 2.29. The molecule has 0 aromatic rings. The van der Waals surface area contributed by atoms with E-state index < -0.39 is 0 Å². The molecule has 0 unspecified atom stereocenters. The molecule has 0 aliphatic rings. The molecular weight excluding hydrogens is 510 g/mol. The monoisotopic (exact) mass is 600 g/mol. The minimum atomic E-state index is -0.0156. The first kappa shape index (κ1) is 48.8. The first-order valence-electron chi connectivity index (χ1n) is 17.3. The van der Waals surface area contributed by atoms with Crippen molar-refractivity contribution in [2.75, 3.05) is 6.54 Å². The van der Waals surface area contributed by atoms with Gasteiger partial charge in [-0.05, 0) is 134 Å². The Kier molecular flexibility index (Phi) is 22.6. The summed E-state index contributed by atoms with van der Waals surface area (Å²) in [6.07, 6.45) is 9.31. The summed E-state index contributed by atoms with van der Waals surface area (Å²) in [7, 11) is 0. The minimum absolute atomic E-state index is 0.0156. The Morgan fingerprint density at radius 3 is 0.738 bits per heavy atom. The van der Waals surface area contributed by atoms with Gasteiger partial charge < -0.3 is 10.1 Å². The van der Waals surface area contributed by atoms with E-state index in [0.29, 0.717) is 27.1 Å². The largest absolute Gasteiger partial charge is 0.370 e. The maximum Gasteiger partial charge on any atom is 0.0605 e. The molecule has 0 heterocycles. The van der Waals surface area contributed by atoms with Gasteiger partial charge in [0, 0.05) is 5.54 Å². The fourth-order valence-electron chi connectivity index (χ4n) is 3.90. The van der Waals surface area contributed by atoms with Crippen LogP contribution in [-0.2, 0) is 4.74 Å². The number of hydrogen-bond donors (Lipinski definition) is 1. The van der Waals surface area contributed by atoms with Crippen LogP contribution in [-0.4, -0.2) is 23.3 Å². The molecule has 0 bridgehead atoms. The molecule has 2 heteroatoms. The molecule has 42 heavy (non-hydrogen) atoms. The standard InChI is InChI=1S/C11H25N.C11H24.C10H22.C8H18O/c1-10(2,3)8-7-9-12-11(4,5)6;1-10(2,3)8-7-9-11(4,5)6;1-9(2,3)7-8-10(4,5)6;1-7(2,3)9-8(4,5)6/h12H,7-9H2,1-6H3;7-9H2,1-6H3;7-8H2,1-6H3;1-6H3. The molecule has 0 aromatic heterocycles. The third-order valence-electron chi connectivity index (χ3n) is 5.85. The molecule has 0 aromatic carbocycles. The van der Waals surface area contributed by atoms with Crippen molar-refractivity contribution in [2.45, 2.75) is 228 Å². The van der Waals surface area contributed by atoms with Gasteiger partial charge in [0.25, 0.3) is 0 Å². The molecular formula is C40H89NO. The summed E-state index contributed by atoms with van der Waals surface area (Å²) in [6, 6.07) is 0. The van der Waals surface area contributed by atoms with E-state index in [2.05, 4.69) is 171 Å². The zero-order valence-corrected chi connectivity index (χ0v) is 34.6. The Morgan fingerprint density at radius 1 is 0.333 bits per heavy atom. The maximum absolute atomic E-state index is 5.62. The van der Waals surface area contributed by atoms with Crippen LogP contribution in [0.5, 0.6) is 0 Å². The van der Waals surface area contributed by atoms with Gasteiger partial charge in [0.05, 0.1) is 11.2 Å². The van der Waals surface area contributed by atoms with Crippen LogP contribution < -0.4 is 5.32 Å². The van der Waals surface area contributed by atoms with Crippen molar-refractivity contribution >= 4 is 0 Å². The Hall–Kier alpha value is -0.0800. The molecule has 0 saturated heterocycles. The van der Waals surface area contributed by atoms with Crippen LogP contribution in [0.4, 0.5) is 0 Å². The van der Waals surface area contributed by atoms with Crippen molar-refractivity contribution in [3.05, 3.63) is 0 Å². The average Bonchev–Trinajstić information content (AvgIpc) is 2.57. The van der Waals surface area contributed by atoms with E-state index >= 15 is 0 Å². The molecule has 0 saturated carbocycles. The molecule has 260 valence electrons. The average molecular weight is 600 g/mol. The summed E-state index contributed by atoms with van der Waals surface area (Å²) in [6.45, 7) is 54.8. The van der Waals surface area contributed by atoms with Crippen molar-refractivity contribution in [3.8, 4) is 0 Å². The van der Waals surface area contributed by atoms with Gasteiger partial charge in [-0.15, -0.1) is 0 Å². The lowest BCUT2D eigenvalue weighted by molar-refractivity contribution is -0.102. The van der Waals surface area contributed by atoms with Gasteiger partial charge in [0.1, 0.15) is 0 Å². The molecule has 2 nitrogen and oxygen atoms in total. The van der Waals surface area contributed by atoms with Crippen molar-refractivity contribution in [2.24, 2.45) is 27.1 Å². The Balaban J connectivity index is -0.000000230. The highest BCUT2D eigenvalue weighted by Gasteiger charge is 2.20. The van der Waals surface area contributed by atoms with E-state index in [9.17, 15) is 0 Å². The summed E-state index contributed by atoms with van der Waals surface area (Å²) in [5, 5.41) is 3.49. The molecule has 0 rings (SSSR count). The van der Waals surface area contributed by atoms with Gasteiger partial charge in [-0.1, -0.05) is 110 Å². The Labute approximate surface area is 271 Å². The number of ether oxygens (including phenoxy) is 1. The van der Waals surface area contributed by atoms with E-state index in [0.717, 1.165) is 6.54 Å². The first-order valence-corrected chi connectivity index (χ1v) is 17.3. The summed E-state index contributed by atoms with van der Waals surface area (Å²) < 4.78 is 5.62. The van der Waals surface area contributed by atoms with E-state index in [1.807, 2.05) is 0 Å². The topological polar surface area (TPSA) is 21.3 Å². The van der Waals surface area contributed by atoms with Crippen molar-refractivity contribution in [1.82, 2.24) is 5.32 Å². The second kappa shape index (κ2) is 19.4. The van der Waals surface area contributed by atoms with Crippen LogP contribution in [0.1, 0.15) is 211 Å². The lowest BCUT2D eigenvalue weighted by Gasteiger charge is -2.30. The van der Waals surface area contributed by atoms with Crippen molar-refractivity contribution < 1.29 is 4.74 Å². The second-order valence-electron chi connectivity index (χ2n) is 21.8. The normalized spacial score (nSPS) is 13.7. The molecule has 0 spiro atoms. The summed E-state index contributed by atoms with van der Waals surface area (Å²) in [5.74, 6) is 0. The second-order valence-corrected chi connectivity index (χ2v) is 21.8. The molecule has 1 N–H and O–H groups in total. The van der Waals surface area contributed by atoms with Gasteiger partial charge in [0.2, 0.25) is 0 Å². The van der Waals surface area contributed by atoms with Gasteiger partial charge >= 0.3 is 0 Å². The van der Waals surface area contributed by atoms with Gasteiger partial charge in [-0.3, -0.25) is 0 Å². The Morgan fingerprint density at radius 2 is 0.571 bits per heavy atom. The number of nitrogens with one attached hydrogen (secondary N) is 1. The van der Waals surface area contributed by atoms with E-state index in [-0.39, 0.29) is 16.7 Å². The van der Waals surface area contributed by atoms with Crippen LogP contribution >= 0.6 is 0 Å². The molecule has 0 radical (unpaired) electrons. The van der Waals surface area contributed by atoms with E-state index in [1.54, 1.807) is 0 Å². The number of rotatable bonds is 6. The molecule has 0 aliphatic carbocycles. The van der Waals surface area contributed by atoms with Crippen molar-refractivity contribution in [3.63, 3.8) is 0 Å². The highest BCUT2D eigenvalue weighted by atomic mass is 16.5. The summed E-state index contributed by atoms with van der Waals surface area (Å²) >= 11 is 0.